The lowest BCUT2D eigenvalue weighted by Crippen LogP contribution is -2.06. The van der Waals surface area contributed by atoms with E-state index in [9.17, 15) is 5.11 Å². The number of hydrogen-bond donors (Lipinski definition) is 4. The quantitative estimate of drug-likeness (QED) is 0.313. The number of H-pyrrole nitrogens is 1. The smallest absolute Gasteiger partial charge is 0.227 e. The van der Waals surface area contributed by atoms with Crippen LogP contribution in [-0.4, -0.2) is 25.0 Å². The first-order valence-electron chi connectivity index (χ1n) is 9.90. The molecule has 0 amide bonds. The fourth-order valence-electron chi connectivity index (χ4n) is 3.35. The number of nitrogens with zero attached hydrogens (tertiary/aromatic N) is 3. The highest BCUT2D eigenvalue weighted by molar-refractivity contribution is 5.86. The monoisotopic (exact) mass is 408 g/mol. The minimum atomic E-state index is 0.178. The lowest BCUT2D eigenvalue weighted by Gasteiger charge is -2.10. The molecule has 4 N–H and O–H groups in total. The van der Waals surface area contributed by atoms with Crippen LogP contribution in [0, 0.1) is 0 Å². The molecule has 2 heterocycles. The molecule has 31 heavy (non-hydrogen) atoms. The summed E-state index contributed by atoms with van der Waals surface area (Å²) in [6.07, 6.45) is 1.58. The molecule has 0 aliphatic heterocycles. The molecule has 0 radical (unpaired) electrons. The standard InChI is InChI=1S/C24H20N6O/c31-20-8-4-7-19(13-20)28-23-21-22(27-15-26-21)29-24(30-23)25-14-16-9-11-18(12-10-16)17-5-2-1-3-6-17/h1-13,15,31H,14H2,(H3,25,26,27,28,29,30). The first-order valence-corrected chi connectivity index (χ1v) is 9.90. The number of aromatic nitrogens is 4. The van der Waals surface area contributed by atoms with Crippen molar-refractivity contribution in [2.75, 3.05) is 10.6 Å². The molecule has 7 heteroatoms. The zero-order valence-electron chi connectivity index (χ0n) is 16.6. The molecular formula is C24H20N6O. The Morgan fingerprint density at radius 3 is 2.45 bits per heavy atom. The summed E-state index contributed by atoms with van der Waals surface area (Å²) in [5.41, 5.74) is 5.46. The Hall–Kier alpha value is -4.39. The number of benzene rings is 3. The molecule has 7 nitrogen and oxygen atoms in total. The predicted molar refractivity (Wildman–Crippen MR) is 122 cm³/mol. The summed E-state index contributed by atoms with van der Waals surface area (Å²) in [7, 11) is 0. The zero-order valence-corrected chi connectivity index (χ0v) is 16.6. The Morgan fingerprint density at radius 1 is 0.839 bits per heavy atom. The van der Waals surface area contributed by atoms with Crippen LogP contribution in [0.15, 0.2) is 85.2 Å². The van der Waals surface area contributed by atoms with Crippen molar-refractivity contribution in [2.45, 2.75) is 6.54 Å². The molecule has 0 bridgehead atoms. The summed E-state index contributed by atoms with van der Waals surface area (Å²) in [5, 5.41) is 16.2. The van der Waals surface area contributed by atoms with Gasteiger partial charge in [-0.3, -0.25) is 0 Å². The van der Waals surface area contributed by atoms with E-state index in [1.165, 1.54) is 11.1 Å². The Morgan fingerprint density at radius 2 is 1.65 bits per heavy atom. The second kappa shape index (κ2) is 8.16. The molecule has 0 unspecified atom stereocenters. The average Bonchev–Trinajstić information content (AvgIpc) is 3.28. The number of rotatable bonds is 6. The SMILES string of the molecule is Oc1cccc(Nc2nc(NCc3ccc(-c4ccccc4)cc3)nc3nc[nH]c23)c1. The second-order valence-corrected chi connectivity index (χ2v) is 7.09. The van der Waals surface area contributed by atoms with E-state index in [1.807, 2.05) is 24.3 Å². The van der Waals surface area contributed by atoms with Crippen molar-refractivity contribution >= 4 is 28.6 Å². The number of hydrogen-bond acceptors (Lipinski definition) is 6. The maximum atomic E-state index is 9.72. The Balaban J connectivity index is 1.35. The minimum Gasteiger partial charge on any atom is -0.508 e. The molecule has 5 rings (SSSR count). The van der Waals surface area contributed by atoms with Crippen LogP contribution in [0.1, 0.15) is 5.56 Å². The van der Waals surface area contributed by atoms with Gasteiger partial charge in [0.1, 0.15) is 11.3 Å². The van der Waals surface area contributed by atoms with Crippen LogP contribution < -0.4 is 10.6 Å². The van der Waals surface area contributed by atoms with E-state index >= 15 is 0 Å². The molecule has 0 aliphatic carbocycles. The van der Waals surface area contributed by atoms with E-state index in [-0.39, 0.29) is 5.75 Å². The summed E-state index contributed by atoms with van der Waals surface area (Å²) in [5.74, 6) is 1.22. The van der Waals surface area contributed by atoms with Gasteiger partial charge in [0.25, 0.3) is 0 Å². The summed E-state index contributed by atoms with van der Waals surface area (Å²) >= 11 is 0. The van der Waals surface area contributed by atoms with Crippen LogP contribution in [0.2, 0.25) is 0 Å². The number of imidazole rings is 1. The average molecular weight is 408 g/mol. The highest BCUT2D eigenvalue weighted by atomic mass is 16.3. The van der Waals surface area contributed by atoms with Gasteiger partial charge in [0.15, 0.2) is 11.5 Å². The minimum absolute atomic E-state index is 0.178. The Bertz CT molecular complexity index is 1320. The van der Waals surface area contributed by atoms with E-state index in [1.54, 1.807) is 24.5 Å². The van der Waals surface area contributed by atoms with Crippen molar-refractivity contribution in [2.24, 2.45) is 0 Å². The molecule has 3 aromatic carbocycles. The van der Waals surface area contributed by atoms with Gasteiger partial charge in [0, 0.05) is 18.3 Å². The summed E-state index contributed by atoms with van der Waals surface area (Å²) in [6, 6.07) is 25.6. The lowest BCUT2D eigenvalue weighted by atomic mass is 10.0. The first kappa shape index (κ1) is 18.6. The normalized spacial score (nSPS) is 10.8. The maximum Gasteiger partial charge on any atom is 0.227 e. The number of phenols is 1. The van der Waals surface area contributed by atoms with Gasteiger partial charge in [0.05, 0.1) is 6.33 Å². The van der Waals surface area contributed by atoms with E-state index in [2.05, 4.69) is 67.0 Å². The molecule has 5 aromatic rings. The third-order valence-corrected chi connectivity index (χ3v) is 4.91. The molecule has 0 saturated carbocycles. The van der Waals surface area contributed by atoms with E-state index < -0.39 is 0 Å². The van der Waals surface area contributed by atoms with Gasteiger partial charge >= 0.3 is 0 Å². The largest absolute Gasteiger partial charge is 0.508 e. The van der Waals surface area contributed by atoms with Gasteiger partial charge in [-0.05, 0) is 28.8 Å². The number of nitrogens with one attached hydrogen (secondary N) is 3. The van der Waals surface area contributed by atoms with Gasteiger partial charge in [0.2, 0.25) is 5.95 Å². The van der Waals surface area contributed by atoms with Crippen LogP contribution in [0.3, 0.4) is 0 Å². The van der Waals surface area contributed by atoms with Crippen LogP contribution in [0.25, 0.3) is 22.3 Å². The maximum absolute atomic E-state index is 9.72. The molecule has 0 fully saturated rings. The number of anilines is 3. The van der Waals surface area contributed by atoms with Crippen LogP contribution >= 0.6 is 0 Å². The molecule has 0 aliphatic rings. The van der Waals surface area contributed by atoms with Crippen molar-refractivity contribution in [1.29, 1.82) is 0 Å². The number of phenolic OH excluding ortho intramolecular Hbond substituents is 1. The van der Waals surface area contributed by atoms with E-state index in [0.29, 0.717) is 29.5 Å². The Kier molecular flexibility index (Phi) is 4.90. The van der Waals surface area contributed by atoms with Gasteiger partial charge in [-0.1, -0.05) is 60.7 Å². The van der Waals surface area contributed by atoms with Gasteiger partial charge < -0.3 is 20.7 Å². The third-order valence-electron chi connectivity index (χ3n) is 4.91. The number of aromatic amines is 1. The topological polar surface area (TPSA) is 98.8 Å². The lowest BCUT2D eigenvalue weighted by molar-refractivity contribution is 0.475. The Labute approximate surface area is 178 Å². The van der Waals surface area contributed by atoms with Crippen molar-refractivity contribution in [1.82, 2.24) is 19.9 Å². The van der Waals surface area contributed by atoms with Crippen LogP contribution in [0.4, 0.5) is 17.5 Å². The first-order chi connectivity index (χ1) is 15.2. The zero-order chi connectivity index (χ0) is 21.0. The molecule has 0 spiro atoms. The van der Waals surface area contributed by atoms with E-state index in [0.717, 1.165) is 11.3 Å². The van der Waals surface area contributed by atoms with Gasteiger partial charge in [-0.2, -0.15) is 9.97 Å². The summed E-state index contributed by atoms with van der Waals surface area (Å²) in [6.45, 7) is 0.580. The number of aromatic hydroxyl groups is 1. The molecule has 152 valence electrons. The second-order valence-electron chi connectivity index (χ2n) is 7.09. The predicted octanol–water partition coefficient (Wildman–Crippen LogP) is 5.08. The van der Waals surface area contributed by atoms with Crippen molar-refractivity contribution in [3.8, 4) is 16.9 Å². The molecular weight excluding hydrogens is 388 g/mol. The molecule has 0 saturated heterocycles. The fraction of sp³-hybridized carbons (Fsp3) is 0.0417. The third kappa shape index (κ3) is 4.16. The highest BCUT2D eigenvalue weighted by Crippen LogP contribution is 2.25. The fourth-order valence-corrected chi connectivity index (χ4v) is 3.35. The summed E-state index contributed by atoms with van der Waals surface area (Å²) < 4.78 is 0. The van der Waals surface area contributed by atoms with E-state index in [4.69, 9.17) is 0 Å². The van der Waals surface area contributed by atoms with Gasteiger partial charge in [-0.15, -0.1) is 0 Å². The van der Waals surface area contributed by atoms with Crippen molar-refractivity contribution in [3.63, 3.8) is 0 Å². The molecule has 0 atom stereocenters. The van der Waals surface area contributed by atoms with Gasteiger partial charge in [-0.25, -0.2) is 4.98 Å². The highest BCUT2D eigenvalue weighted by Gasteiger charge is 2.11. The number of fused-ring (bicyclic) bond motifs is 1. The van der Waals surface area contributed by atoms with Crippen molar-refractivity contribution in [3.05, 3.63) is 90.8 Å². The van der Waals surface area contributed by atoms with Crippen LogP contribution in [0.5, 0.6) is 5.75 Å². The summed E-state index contributed by atoms with van der Waals surface area (Å²) in [4.78, 5) is 16.4. The molecule has 2 aromatic heterocycles. The van der Waals surface area contributed by atoms with Crippen LogP contribution in [-0.2, 0) is 6.54 Å². The van der Waals surface area contributed by atoms with Crippen molar-refractivity contribution < 1.29 is 5.11 Å².